The fourth-order valence-corrected chi connectivity index (χ4v) is 4.39. The maximum Gasteiger partial charge on any atom is 0.242 e. The lowest BCUT2D eigenvalue weighted by Gasteiger charge is -2.29. The topological polar surface area (TPSA) is 63.0 Å². The first-order valence-electron chi connectivity index (χ1n) is 12.4. The van der Waals surface area contributed by atoms with E-state index in [1.807, 2.05) is 67.6 Å². The van der Waals surface area contributed by atoms with Gasteiger partial charge in [0.1, 0.15) is 11.5 Å². The molecule has 0 saturated carbocycles. The van der Waals surface area contributed by atoms with Crippen molar-refractivity contribution in [3.05, 3.63) is 95.4 Å². The molecular weight excluding hydrogens is 440 g/mol. The Hall–Kier alpha value is -3.38. The van der Waals surface area contributed by atoms with Crippen LogP contribution < -0.4 is 0 Å². The van der Waals surface area contributed by atoms with E-state index in [1.54, 1.807) is 9.80 Å². The van der Waals surface area contributed by atoms with Gasteiger partial charge >= 0.3 is 0 Å². The molecule has 0 unspecified atom stereocenters. The maximum absolute atomic E-state index is 13.6. The van der Waals surface area contributed by atoms with Gasteiger partial charge in [-0.15, -0.1) is 0 Å². The lowest BCUT2D eigenvalue weighted by Crippen LogP contribution is -2.46. The smallest absolute Gasteiger partial charge is 0.242 e. The van der Waals surface area contributed by atoms with Crippen LogP contribution in [-0.4, -0.2) is 54.0 Å². The largest absolute Gasteiger partial charge is 0.464 e. The third kappa shape index (κ3) is 7.55. The number of aryl methyl sites for hydroxylation is 1. The molecular formula is C29H34N2O4. The zero-order valence-corrected chi connectivity index (χ0v) is 20.4. The molecule has 184 valence electrons. The molecule has 1 aromatic heterocycles. The predicted octanol–water partition coefficient (Wildman–Crippen LogP) is 4.41. The van der Waals surface area contributed by atoms with E-state index in [-0.39, 0.29) is 30.9 Å². The monoisotopic (exact) mass is 474 g/mol. The van der Waals surface area contributed by atoms with Gasteiger partial charge in [0.25, 0.3) is 0 Å². The molecule has 35 heavy (non-hydrogen) atoms. The second-order valence-corrected chi connectivity index (χ2v) is 9.13. The van der Waals surface area contributed by atoms with Crippen LogP contribution in [0.15, 0.2) is 77.2 Å². The molecule has 1 fully saturated rings. The van der Waals surface area contributed by atoms with Crippen LogP contribution in [0.4, 0.5) is 0 Å². The number of nitrogens with zero attached hydrogens (tertiary/aromatic N) is 2. The number of hydrogen-bond donors (Lipinski definition) is 0. The van der Waals surface area contributed by atoms with E-state index in [0.717, 1.165) is 41.9 Å². The Balaban J connectivity index is 1.47. The van der Waals surface area contributed by atoms with Crippen LogP contribution in [0.2, 0.25) is 0 Å². The van der Waals surface area contributed by atoms with E-state index in [9.17, 15) is 9.59 Å². The second kappa shape index (κ2) is 12.4. The minimum Gasteiger partial charge on any atom is -0.464 e. The Morgan fingerprint density at radius 2 is 1.60 bits per heavy atom. The lowest BCUT2D eigenvalue weighted by molar-refractivity contribution is -0.141. The summed E-state index contributed by atoms with van der Waals surface area (Å²) in [5, 5.41) is 0. The van der Waals surface area contributed by atoms with Gasteiger partial charge in [0.2, 0.25) is 11.8 Å². The zero-order chi connectivity index (χ0) is 24.5. The number of amides is 2. The molecule has 0 aliphatic carbocycles. The van der Waals surface area contributed by atoms with Gasteiger partial charge in [-0.05, 0) is 49.4 Å². The number of furan rings is 1. The molecule has 0 radical (unpaired) electrons. The second-order valence-electron chi connectivity index (χ2n) is 9.13. The number of benzene rings is 2. The quantitative estimate of drug-likeness (QED) is 0.413. The van der Waals surface area contributed by atoms with Crippen LogP contribution in [-0.2, 0) is 33.7 Å². The third-order valence-corrected chi connectivity index (χ3v) is 6.33. The first kappa shape index (κ1) is 24.7. The Morgan fingerprint density at radius 3 is 2.23 bits per heavy atom. The Morgan fingerprint density at radius 1 is 0.886 bits per heavy atom. The van der Waals surface area contributed by atoms with Crippen molar-refractivity contribution in [1.82, 2.24) is 9.80 Å². The highest BCUT2D eigenvalue weighted by molar-refractivity contribution is 5.86. The van der Waals surface area contributed by atoms with Crippen molar-refractivity contribution >= 4 is 11.8 Å². The number of carbonyl (C=O) groups is 2. The molecule has 3 aromatic rings. The van der Waals surface area contributed by atoms with Gasteiger partial charge in [0, 0.05) is 19.7 Å². The van der Waals surface area contributed by atoms with E-state index in [4.69, 9.17) is 9.15 Å². The van der Waals surface area contributed by atoms with Crippen LogP contribution in [0, 0.1) is 6.92 Å². The Bertz CT molecular complexity index is 1070. The zero-order valence-electron chi connectivity index (χ0n) is 20.4. The summed E-state index contributed by atoms with van der Waals surface area (Å²) < 4.78 is 11.6. The van der Waals surface area contributed by atoms with Crippen LogP contribution in [0.25, 0.3) is 0 Å². The van der Waals surface area contributed by atoms with Gasteiger partial charge in [-0.2, -0.15) is 0 Å². The average Bonchev–Trinajstić information content (AvgIpc) is 3.54. The van der Waals surface area contributed by atoms with Crippen molar-refractivity contribution in [1.29, 1.82) is 0 Å². The highest BCUT2D eigenvalue weighted by Gasteiger charge is 2.26. The molecule has 1 saturated heterocycles. The summed E-state index contributed by atoms with van der Waals surface area (Å²) in [6.07, 6.45) is 2.87. The SMILES string of the molecule is Cc1ccc(CN(CCc2ccccc2)C(=O)CN(C[C@@H]2CCCO2)C(=O)Cc2ccccc2)o1. The molecule has 6 nitrogen and oxygen atoms in total. The first-order valence-corrected chi connectivity index (χ1v) is 12.4. The van der Waals surface area contributed by atoms with E-state index in [0.29, 0.717) is 26.2 Å². The molecule has 1 aliphatic rings. The minimum absolute atomic E-state index is 0.0204. The highest BCUT2D eigenvalue weighted by atomic mass is 16.5. The molecule has 2 amide bonds. The fraction of sp³-hybridized carbons (Fsp3) is 0.379. The predicted molar refractivity (Wildman–Crippen MR) is 135 cm³/mol. The number of hydrogen-bond acceptors (Lipinski definition) is 4. The standard InChI is InChI=1S/C29H34N2O4/c1-23-14-15-27(35-23)21-30(17-16-24-9-4-2-5-10-24)29(33)22-31(20-26-13-8-18-34-26)28(32)19-25-11-6-3-7-12-25/h2-7,9-12,14-15,26H,8,13,16-22H2,1H3/t26-/m0/s1. The fourth-order valence-electron chi connectivity index (χ4n) is 4.39. The van der Waals surface area contributed by atoms with Crippen LogP contribution in [0.5, 0.6) is 0 Å². The van der Waals surface area contributed by atoms with E-state index in [1.165, 1.54) is 0 Å². The molecule has 0 bridgehead atoms. The lowest BCUT2D eigenvalue weighted by atomic mass is 10.1. The molecule has 2 aromatic carbocycles. The van der Waals surface area contributed by atoms with Gasteiger partial charge in [0.05, 0.1) is 25.6 Å². The third-order valence-electron chi connectivity index (χ3n) is 6.33. The number of rotatable bonds is 11. The molecule has 0 spiro atoms. The summed E-state index contributed by atoms with van der Waals surface area (Å²) in [6.45, 7) is 3.98. The Labute approximate surface area is 207 Å². The van der Waals surface area contributed by atoms with Gasteiger partial charge in [0.15, 0.2) is 0 Å². The van der Waals surface area contributed by atoms with E-state index < -0.39 is 0 Å². The van der Waals surface area contributed by atoms with Crippen molar-refractivity contribution in [3.8, 4) is 0 Å². The van der Waals surface area contributed by atoms with E-state index >= 15 is 0 Å². The molecule has 1 atom stereocenters. The summed E-state index contributed by atoms with van der Waals surface area (Å²) in [5.74, 6) is 1.41. The van der Waals surface area contributed by atoms with Crippen molar-refractivity contribution in [2.45, 2.75) is 45.3 Å². The normalized spacial score (nSPS) is 15.2. The van der Waals surface area contributed by atoms with Gasteiger partial charge in [-0.3, -0.25) is 9.59 Å². The molecule has 6 heteroatoms. The highest BCUT2D eigenvalue weighted by Crippen LogP contribution is 2.16. The van der Waals surface area contributed by atoms with Gasteiger partial charge in [-0.25, -0.2) is 0 Å². The van der Waals surface area contributed by atoms with Crippen molar-refractivity contribution in [2.75, 3.05) is 26.2 Å². The molecule has 1 aliphatic heterocycles. The number of ether oxygens (including phenoxy) is 1. The summed E-state index contributed by atoms with van der Waals surface area (Å²) in [4.78, 5) is 30.3. The van der Waals surface area contributed by atoms with Crippen LogP contribution >= 0.6 is 0 Å². The summed E-state index contributed by atoms with van der Waals surface area (Å²) in [5.41, 5.74) is 2.10. The van der Waals surface area contributed by atoms with E-state index in [2.05, 4.69) is 12.1 Å². The maximum atomic E-state index is 13.6. The molecule has 2 heterocycles. The minimum atomic E-state index is -0.0885. The van der Waals surface area contributed by atoms with Crippen molar-refractivity contribution < 1.29 is 18.7 Å². The molecule has 4 rings (SSSR count). The molecule has 0 N–H and O–H groups in total. The summed E-state index contributed by atoms with van der Waals surface area (Å²) in [6, 6.07) is 23.6. The number of carbonyl (C=O) groups excluding carboxylic acids is 2. The summed E-state index contributed by atoms with van der Waals surface area (Å²) in [7, 11) is 0. The van der Waals surface area contributed by atoms with Gasteiger partial charge in [-0.1, -0.05) is 60.7 Å². The summed E-state index contributed by atoms with van der Waals surface area (Å²) >= 11 is 0. The first-order chi connectivity index (χ1) is 17.1. The van der Waals surface area contributed by atoms with Crippen molar-refractivity contribution in [3.63, 3.8) is 0 Å². The van der Waals surface area contributed by atoms with Crippen LogP contribution in [0.1, 0.15) is 35.5 Å². The van der Waals surface area contributed by atoms with Gasteiger partial charge < -0.3 is 19.0 Å². The Kier molecular flexibility index (Phi) is 8.74. The van der Waals surface area contributed by atoms with Crippen LogP contribution in [0.3, 0.4) is 0 Å². The van der Waals surface area contributed by atoms with Crippen molar-refractivity contribution in [2.24, 2.45) is 0 Å². The average molecular weight is 475 g/mol.